The summed E-state index contributed by atoms with van der Waals surface area (Å²) in [5, 5.41) is 13.0. The van der Waals surface area contributed by atoms with Gasteiger partial charge in [0.05, 0.1) is 13.2 Å². The lowest BCUT2D eigenvalue weighted by Gasteiger charge is -2.19. The van der Waals surface area contributed by atoms with Gasteiger partial charge in [-0.15, -0.1) is 0 Å². The minimum Gasteiger partial charge on any atom is -0.496 e. The third kappa shape index (κ3) is 4.36. The molecule has 0 aliphatic carbocycles. The largest absolute Gasteiger partial charge is 0.496 e. The average molecular weight is 237 g/mol. The maximum atomic E-state index is 9.68. The van der Waals surface area contributed by atoms with Crippen molar-refractivity contribution in [3.05, 3.63) is 29.8 Å². The molecule has 17 heavy (non-hydrogen) atoms. The molecular weight excluding hydrogens is 214 g/mol. The molecule has 1 rings (SSSR count). The van der Waals surface area contributed by atoms with Gasteiger partial charge in [-0.05, 0) is 19.4 Å². The molecule has 0 aliphatic heterocycles. The number of para-hydroxylation sites is 1. The standard InChI is InChI=1S/C14H23NO2/c1-4-7-12(16)10-15-11(2)13-8-5-6-9-14(13)17-3/h5-6,8-9,11-12,15-16H,4,7,10H2,1-3H3. The monoisotopic (exact) mass is 237 g/mol. The highest BCUT2D eigenvalue weighted by molar-refractivity contribution is 5.35. The minimum absolute atomic E-state index is 0.178. The molecule has 1 aromatic carbocycles. The summed E-state index contributed by atoms with van der Waals surface area (Å²) in [6.07, 6.45) is 1.58. The fourth-order valence-corrected chi connectivity index (χ4v) is 1.88. The van der Waals surface area contributed by atoms with E-state index in [1.165, 1.54) is 0 Å². The molecule has 0 amide bonds. The van der Waals surface area contributed by atoms with Crippen LogP contribution in [0.3, 0.4) is 0 Å². The first kappa shape index (κ1) is 14.0. The molecule has 0 saturated heterocycles. The molecular formula is C14H23NO2. The van der Waals surface area contributed by atoms with E-state index in [2.05, 4.69) is 19.2 Å². The topological polar surface area (TPSA) is 41.5 Å². The Balaban J connectivity index is 2.54. The Morgan fingerprint density at radius 1 is 1.35 bits per heavy atom. The maximum Gasteiger partial charge on any atom is 0.123 e. The average Bonchev–Trinajstić information content (AvgIpc) is 2.36. The lowest BCUT2D eigenvalue weighted by Crippen LogP contribution is -2.29. The number of hydrogen-bond acceptors (Lipinski definition) is 3. The highest BCUT2D eigenvalue weighted by atomic mass is 16.5. The maximum absolute atomic E-state index is 9.68. The summed E-state index contributed by atoms with van der Waals surface area (Å²) in [6, 6.07) is 8.13. The summed E-state index contributed by atoms with van der Waals surface area (Å²) in [5.74, 6) is 0.887. The van der Waals surface area contributed by atoms with Crippen molar-refractivity contribution in [3.8, 4) is 5.75 Å². The van der Waals surface area contributed by atoms with E-state index in [1.54, 1.807) is 7.11 Å². The summed E-state index contributed by atoms with van der Waals surface area (Å²) in [7, 11) is 1.68. The van der Waals surface area contributed by atoms with Crippen molar-refractivity contribution in [2.75, 3.05) is 13.7 Å². The van der Waals surface area contributed by atoms with Crippen LogP contribution in [0.5, 0.6) is 5.75 Å². The summed E-state index contributed by atoms with van der Waals surface area (Å²) >= 11 is 0. The van der Waals surface area contributed by atoms with Crippen LogP contribution in [0.2, 0.25) is 0 Å². The zero-order valence-corrected chi connectivity index (χ0v) is 10.9. The molecule has 1 aromatic rings. The number of hydrogen-bond donors (Lipinski definition) is 2. The molecule has 0 bridgehead atoms. The van der Waals surface area contributed by atoms with Crippen LogP contribution in [0, 0.1) is 0 Å². The molecule has 3 heteroatoms. The van der Waals surface area contributed by atoms with Crippen LogP contribution in [0.25, 0.3) is 0 Å². The van der Waals surface area contributed by atoms with Crippen molar-refractivity contribution in [2.45, 2.75) is 38.8 Å². The van der Waals surface area contributed by atoms with Crippen LogP contribution >= 0.6 is 0 Å². The molecule has 0 saturated carbocycles. The van der Waals surface area contributed by atoms with Crippen molar-refractivity contribution in [3.63, 3.8) is 0 Å². The van der Waals surface area contributed by atoms with E-state index < -0.39 is 0 Å². The lowest BCUT2D eigenvalue weighted by atomic mass is 10.1. The van der Waals surface area contributed by atoms with Gasteiger partial charge in [-0.2, -0.15) is 0 Å². The number of ether oxygens (including phenoxy) is 1. The minimum atomic E-state index is -0.267. The Hall–Kier alpha value is -1.06. The van der Waals surface area contributed by atoms with Crippen LogP contribution in [0.1, 0.15) is 38.3 Å². The highest BCUT2D eigenvalue weighted by Crippen LogP contribution is 2.24. The lowest BCUT2D eigenvalue weighted by molar-refractivity contribution is 0.157. The normalized spacial score (nSPS) is 14.4. The SMILES string of the molecule is CCCC(O)CNC(C)c1ccccc1OC. The number of aliphatic hydroxyl groups is 1. The van der Waals surface area contributed by atoms with Gasteiger partial charge in [0.15, 0.2) is 0 Å². The van der Waals surface area contributed by atoms with E-state index in [0.29, 0.717) is 6.54 Å². The van der Waals surface area contributed by atoms with Gasteiger partial charge in [-0.25, -0.2) is 0 Å². The third-order valence-electron chi connectivity index (χ3n) is 2.89. The Bertz CT molecular complexity index is 328. The van der Waals surface area contributed by atoms with Gasteiger partial charge in [0.2, 0.25) is 0 Å². The predicted molar refractivity (Wildman–Crippen MR) is 70.3 cm³/mol. The first-order chi connectivity index (χ1) is 8.19. The van der Waals surface area contributed by atoms with Crippen molar-refractivity contribution in [1.29, 1.82) is 0 Å². The molecule has 0 fully saturated rings. The molecule has 0 spiro atoms. The first-order valence-electron chi connectivity index (χ1n) is 6.23. The van der Waals surface area contributed by atoms with Crippen LogP contribution in [-0.4, -0.2) is 24.9 Å². The van der Waals surface area contributed by atoms with Crippen LogP contribution in [-0.2, 0) is 0 Å². The highest BCUT2D eigenvalue weighted by Gasteiger charge is 2.11. The summed E-state index contributed by atoms with van der Waals surface area (Å²) in [4.78, 5) is 0. The number of methoxy groups -OCH3 is 1. The molecule has 2 unspecified atom stereocenters. The molecule has 0 aromatic heterocycles. The second-order valence-electron chi connectivity index (χ2n) is 4.31. The van der Waals surface area contributed by atoms with Gasteiger partial charge in [-0.3, -0.25) is 0 Å². The van der Waals surface area contributed by atoms with Crippen LogP contribution in [0.4, 0.5) is 0 Å². The van der Waals surface area contributed by atoms with E-state index in [9.17, 15) is 5.11 Å². The molecule has 2 atom stereocenters. The van der Waals surface area contributed by atoms with Crippen LogP contribution < -0.4 is 10.1 Å². The van der Waals surface area contributed by atoms with Crippen LogP contribution in [0.15, 0.2) is 24.3 Å². The van der Waals surface area contributed by atoms with E-state index >= 15 is 0 Å². The quantitative estimate of drug-likeness (QED) is 0.765. The molecule has 0 heterocycles. The Labute approximate surface area is 104 Å². The summed E-state index contributed by atoms with van der Waals surface area (Å²) < 4.78 is 5.32. The second-order valence-corrected chi connectivity index (χ2v) is 4.31. The number of aliphatic hydroxyl groups excluding tert-OH is 1. The molecule has 3 nitrogen and oxygen atoms in total. The Morgan fingerprint density at radius 2 is 2.06 bits per heavy atom. The molecule has 96 valence electrons. The Kier molecular flexibility index (Phi) is 6.01. The van der Waals surface area contributed by atoms with Gasteiger partial charge in [0.25, 0.3) is 0 Å². The molecule has 2 N–H and O–H groups in total. The van der Waals surface area contributed by atoms with Gasteiger partial charge in [-0.1, -0.05) is 31.5 Å². The fraction of sp³-hybridized carbons (Fsp3) is 0.571. The van der Waals surface area contributed by atoms with Gasteiger partial charge >= 0.3 is 0 Å². The summed E-state index contributed by atoms with van der Waals surface area (Å²) in [6.45, 7) is 4.77. The summed E-state index contributed by atoms with van der Waals surface area (Å²) in [5.41, 5.74) is 1.12. The number of rotatable bonds is 7. The predicted octanol–water partition coefficient (Wildman–Crippen LogP) is 2.51. The van der Waals surface area contributed by atoms with Crippen molar-refractivity contribution in [2.24, 2.45) is 0 Å². The molecule has 0 radical (unpaired) electrons. The van der Waals surface area contributed by atoms with Gasteiger partial charge < -0.3 is 15.2 Å². The third-order valence-corrected chi connectivity index (χ3v) is 2.89. The van der Waals surface area contributed by atoms with Gasteiger partial charge in [0.1, 0.15) is 5.75 Å². The number of nitrogens with one attached hydrogen (secondary N) is 1. The van der Waals surface area contributed by atoms with Crippen molar-refractivity contribution >= 4 is 0 Å². The zero-order valence-electron chi connectivity index (χ0n) is 10.9. The Morgan fingerprint density at radius 3 is 2.71 bits per heavy atom. The smallest absolute Gasteiger partial charge is 0.123 e. The van der Waals surface area contributed by atoms with Crippen molar-refractivity contribution in [1.82, 2.24) is 5.32 Å². The van der Waals surface area contributed by atoms with E-state index in [4.69, 9.17) is 4.74 Å². The molecule has 0 aliphatic rings. The second kappa shape index (κ2) is 7.30. The number of benzene rings is 1. The zero-order chi connectivity index (χ0) is 12.7. The van der Waals surface area contributed by atoms with E-state index in [-0.39, 0.29) is 12.1 Å². The van der Waals surface area contributed by atoms with E-state index in [0.717, 1.165) is 24.2 Å². The van der Waals surface area contributed by atoms with Gasteiger partial charge in [0, 0.05) is 18.2 Å². The van der Waals surface area contributed by atoms with Crippen molar-refractivity contribution < 1.29 is 9.84 Å². The van der Waals surface area contributed by atoms with E-state index in [1.807, 2.05) is 24.3 Å². The first-order valence-corrected chi connectivity index (χ1v) is 6.23. The fourth-order valence-electron chi connectivity index (χ4n) is 1.88.